The number of halogens is 1. The summed E-state index contributed by atoms with van der Waals surface area (Å²) >= 11 is 3.35. The van der Waals surface area contributed by atoms with Gasteiger partial charge >= 0.3 is 0 Å². The molecule has 1 aromatic carbocycles. The summed E-state index contributed by atoms with van der Waals surface area (Å²) in [6.07, 6.45) is 0. The fourth-order valence-corrected chi connectivity index (χ4v) is 1.49. The normalized spacial score (nSPS) is 10.1. The zero-order valence-corrected chi connectivity index (χ0v) is 10.0. The van der Waals surface area contributed by atoms with Crippen LogP contribution in [0.25, 0.3) is 0 Å². The summed E-state index contributed by atoms with van der Waals surface area (Å²) < 4.78 is 6.53. The molecule has 4 heteroatoms. The predicted octanol–water partition coefficient (Wildman–Crippen LogP) is 3.13. The second-order valence-corrected chi connectivity index (χ2v) is 4.10. The number of aromatic nitrogens is 1. The zero-order valence-electron chi connectivity index (χ0n) is 8.43. The average Bonchev–Trinajstić information content (AvgIpc) is 2.32. The van der Waals surface area contributed by atoms with E-state index < -0.39 is 0 Å². The maximum Gasteiger partial charge on any atom is 0.219 e. The second kappa shape index (κ2) is 5.09. The molecule has 82 valence electrons. The lowest BCUT2D eigenvalue weighted by Crippen LogP contribution is -1.92. The van der Waals surface area contributed by atoms with Crippen LogP contribution in [0.2, 0.25) is 0 Å². The number of rotatable bonds is 3. The summed E-state index contributed by atoms with van der Waals surface area (Å²) in [6.45, 7) is -0.0858. The third-order valence-corrected chi connectivity index (χ3v) is 2.51. The van der Waals surface area contributed by atoms with E-state index in [0.717, 1.165) is 4.47 Å². The number of aliphatic hydroxyl groups excluding tert-OH is 1. The highest BCUT2D eigenvalue weighted by Gasteiger charge is 1.99. The molecule has 1 N–H and O–H groups in total. The van der Waals surface area contributed by atoms with Crippen LogP contribution >= 0.6 is 15.9 Å². The molecule has 0 saturated carbocycles. The van der Waals surface area contributed by atoms with Crippen LogP contribution in [0.15, 0.2) is 46.9 Å². The highest BCUT2D eigenvalue weighted by atomic mass is 79.9. The van der Waals surface area contributed by atoms with Gasteiger partial charge < -0.3 is 9.84 Å². The summed E-state index contributed by atoms with van der Waals surface area (Å²) in [5.41, 5.74) is 0.592. The van der Waals surface area contributed by atoms with Crippen molar-refractivity contribution in [3.05, 3.63) is 52.6 Å². The van der Waals surface area contributed by atoms with E-state index >= 15 is 0 Å². The Kier molecular flexibility index (Phi) is 3.54. The lowest BCUT2D eigenvalue weighted by atomic mass is 10.3. The van der Waals surface area contributed by atoms with E-state index in [-0.39, 0.29) is 6.61 Å². The Labute approximate surface area is 102 Å². The lowest BCUT2D eigenvalue weighted by Gasteiger charge is -2.05. The van der Waals surface area contributed by atoms with Crippen molar-refractivity contribution in [2.45, 2.75) is 6.61 Å². The topological polar surface area (TPSA) is 42.4 Å². The minimum Gasteiger partial charge on any atom is -0.439 e. The highest BCUT2D eigenvalue weighted by Crippen LogP contribution is 2.21. The molecular weight excluding hydrogens is 270 g/mol. The van der Waals surface area contributed by atoms with Crippen LogP contribution in [0.5, 0.6) is 11.6 Å². The smallest absolute Gasteiger partial charge is 0.219 e. The first-order chi connectivity index (χ1) is 7.78. The first kappa shape index (κ1) is 11.1. The van der Waals surface area contributed by atoms with Gasteiger partial charge in [-0.3, -0.25) is 0 Å². The third kappa shape index (κ3) is 2.81. The number of benzene rings is 1. The van der Waals surface area contributed by atoms with Gasteiger partial charge in [0.15, 0.2) is 0 Å². The van der Waals surface area contributed by atoms with Crippen LogP contribution in [0.3, 0.4) is 0 Å². The van der Waals surface area contributed by atoms with Gasteiger partial charge in [0.25, 0.3) is 0 Å². The fraction of sp³-hybridized carbons (Fsp3) is 0.0833. The maximum absolute atomic E-state index is 8.94. The van der Waals surface area contributed by atoms with E-state index in [4.69, 9.17) is 9.84 Å². The first-order valence-electron chi connectivity index (χ1n) is 4.78. The van der Waals surface area contributed by atoms with Crippen LogP contribution in [0.4, 0.5) is 0 Å². The van der Waals surface area contributed by atoms with Gasteiger partial charge in [0.2, 0.25) is 5.88 Å². The third-order valence-electron chi connectivity index (χ3n) is 1.98. The van der Waals surface area contributed by atoms with Crippen molar-refractivity contribution in [1.29, 1.82) is 0 Å². The van der Waals surface area contributed by atoms with Crippen molar-refractivity contribution < 1.29 is 9.84 Å². The summed E-state index contributed by atoms with van der Waals surface area (Å²) in [5, 5.41) is 8.94. The summed E-state index contributed by atoms with van der Waals surface area (Å²) in [5.74, 6) is 1.19. The van der Waals surface area contributed by atoms with Crippen LogP contribution < -0.4 is 4.74 Å². The molecule has 0 atom stereocenters. The molecule has 0 aliphatic heterocycles. The van der Waals surface area contributed by atoms with E-state index in [9.17, 15) is 0 Å². The quantitative estimate of drug-likeness (QED) is 0.939. The second-order valence-electron chi connectivity index (χ2n) is 3.18. The molecular formula is C12H10BrNO2. The van der Waals surface area contributed by atoms with E-state index in [1.54, 1.807) is 18.2 Å². The molecule has 0 fully saturated rings. The van der Waals surface area contributed by atoms with Crippen molar-refractivity contribution in [3.8, 4) is 11.6 Å². The molecule has 0 aliphatic carbocycles. The molecule has 2 aromatic rings. The van der Waals surface area contributed by atoms with Crippen molar-refractivity contribution in [3.63, 3.8) is 0 Å². The summed E-state index contributed by atoms with van der Waals surface area (Å²) in [7, 11) is 0. The SMILES string of the molecule is OCc1cccc(Oc2ccc(Br)cc2)n1. The van der Waals surface area contributed by atoms with Crippen molar-refractivity contribution in [2.24, 2.45) is 0 Å². The molecule has 3 nitrogen and oxygen atoms in total. The molecule has 16 heavy (non-hydrogen) atoms. The molecule has 0 bridgehead atoms. The number of nitrogens with zero attached hydrogens (tertiary/aromatic N) is 1. The van der Waals surface area contributed by atoms with Gasteiger partial charge in [0, 0.05) is 10.5 Å². The molecule has 0 radical (unpaired) electrons. The Morgan fingerprint density at radius 2 is 1.88 bits per heavy atom. The number of pyridine rings is 1. The molecule has 0 amide bonds. The average molecular weight is 280 g/mol. The minimum absolute atomic E-state index is 0.0858. The van der Waals surface area contributed by atoms with E-state index in [1.807, 2.05) is 24.3 Å². The molecule has 2 rings (SSSR count). The van der Waals surface area contributed by atoms with Gasteiger partial charge in [-0.15, -0.1) is 0 Å². The monoisotopic (exact) mass is 279 g/mol. The molecule has 0 saturated heterocycles. The van der Waals surface area contributed by atoms with Gasteiger partial charge in [-0.1, -0.05) is 22.0 Å². The van der Waals surface area contributed by atoms with Crippen molar-refractivity contribution in [2.75, 3.05) is 0 Å². The zero-order chi connectivity index (χ0) is 11.4. The number of hydrogen-bond acceptors (Lipinski definition) is 3. The lowest BCUT2D eigenvalue weighted by molar-refractivity contribution is 0.275. The van der Waals surface area contributed by atoms with Gasteiger partial charge in [0.05, 0.1) is 12.3 Å². The highest BCUT2D eigenvalue weighted by molar-refractivity contribution is 9.10. The van der Waals surface area contributed by atoms with Gasteiger partial charge in [-0.2, -0.15) is 0 Å². The van der Waals surface area contributed by atoms with E-state index in [1.165, 1.54) is 0 Å². The van der Waals surface area contributed by atoms with E-state index in [0.29, 0.717) is 17.3 Å². The Hall–Kier alpha value is -1.39. The molecule has 1 heterocycles. The van der Waals surface area contributed by atoms with E-state index in [2.05, 4.69) is 20.9 Å². The molecule has 0 unspecified atom stereocenters. The fourth-order valence-electron chi connectivity index (χ4n) is 1.23. The van der Waals surface area contributed by atoms with Crippen molar-refractivity contribution >= 4 is 15.9 Å². The van der Waals surface area contributed by atoms with Crippen molar-refractivity contribution in [1.82, 2.24) is 4.98 Å². The van der Waals surface area contributed by atoms with Crippen LogP contribution in [0, 0.1) is 0 Å². The van der Waals surface area contributed by atoms with Crippen LogP contribution in [-0.2, 0) is 6.61 Å². The van der Waals surface area contributed by atoms with Gasteiger partial charge in [0.1, 0.15) is 5.75 Å². The van der Waals surface area contributed by atoms with Gasteiger partial charge in [-0.25, -0.2) is 4.98 Å². The van der Waals surface area contributed by atoms with Crippen LogP contribution in [0.1, 0.15) is 5.69 Å². The minimum atomic E-state index is -0.0858. The maximum atomic E-state index is 8.94. The Bertz CT molecular complexity index is 471. The number of hydrogen-bond donors (Lipinski definition) is 1. The predicted molar refractivity (Wildman–Crippen MR) is 64.4 cm³/mol. The van der Waals surface area contributed by atoms with Crippen LogP contribution in [-0.4, -0.2) is 10.1 Å². The molecule has 0 aliphatic rings. The summed E-state index contributed by atoms with van der Waals surface area (Å²) in [6, 6.07) is 12.8. The summed E-state index contributed by atoms with van der Waals surface area (Å²) in [4.78, 5) is 4.13. The first-order valence-corrected chi connectivity index (χ1v) is 5.57. The molecule has 0 spiro atoms. The standard InChI is InChI=1S/C12H10BrNO2/c13-9-4-6-11(7-5-9)16-12-3-1-2-10(8-15)14-12/h1-7,15H,8H2. The largest absolute Gasteiger partial charge is 0.439 e. The Morgan fingerprint density at radius 1 is 1.12 bits per heavy atom. The number of ether oxygens (including phenoxy) is 1. The Balaban J connectivity index is 2.16. The Morgan fingerprint density at radius 3 is 2.56 bits per heavy atom. The van der Waals surface area contributed by atoms with Gasteiger partial charge in [-0.05, 0) is 30.3 Å². The molecule has 1 aromatic heterocycles. The number of aliphatic hydroxyl groups is 1.